The predicted octanol–water partition coefficient (Wildman–Crippen LogP) is 0.377. The van der Waals surface area contributed by atoms with Crippen LogP contribution in [0.25, 0.3) is 0 Å². The molecule has 106 valence electrons. The number of carbonyl (C=O) groups excluding carboxylic acids is 1. The van der Waals surface area contributed by atoms with Gasteiger partial charge in [-0.2, -0.15) is 5.26 Å². The van der Waals surface area contributed by atoms with Gasteiger partial charge in [-0.15, -0.1) is 0 Å². The normalized spacial score (nSPS) is 14.8. The summed E-state index contributed by atoms with van der Waals surface area (Å²) in [6.07, 6.45) is 0. The van der Waals surface area contributed by atoms with Crippen LogP contribution in [0.1, 0.15) is 5.56 Å². The lowest BCUT2D eigenvalue weighted by Gasteiger charge is -2.27. The third kappa shape index (κ3) is 3.62. The Morgan fingerprint density at radius 1 is 1.40 bits per heavy atom. The number of ether oxygens (including phenoxy) is 2. The van der Waals surface area contributed by atoms with Crippen molar-refractivity contribution in [1.29, 1.82) is 5.26 Å². The topological polar surface area (TPSA) is 74.6 Å². The first-order chi connectivity index (χ1) is 9.72. The van der Waals surface area contributed by atoms with Gasteiger partial charge in [0.2, 0.25) is 5.91 Å². The van der Waals surface area contributed by atoms with Gasteiger partial charge in [-0.05, 0) is 12.1 Å². The van der Waals surface area contributed by atoms with Crippen molar-refractivity contribution in [2.24, 2.45) is 0 Å². The Hall–Kier alpha value is -2.26. The van der Waals surface area contributed by atoms with Crippen molar-refractivity contribution in [3.05, 3.63) is 23.8 Å². The van der Waals surface area contributed by atoms with Gasteiger partial charge in [0.05, 0.1) is 31.8 Å². The van der Waals surface area contributed by atoms with E-state index in [-0.39, 0.29) is 5.91 Å². The molecular formula is C14H17N3O3. The van der Waals surface area contributed by atoms with Crippen LogP contribution in [0.15, 0.2) is 18.2 Å². The van der Waals surface area contributed by atoms with E-state index in [0.29, 0.717) is 43.3 Å². The zero-order valence-corrected chi connectivity index (χ0v) is 11.4. The molecule has 6 nitrogen and oxygen atoms in total. The zero-order chi connectivity index (χ0) is 14.4. The lowest BCUT2D eigenvalue weighted by Crippen LogP contribution is -2.49. The maximum Gasteiger partial charge on any atom is 0.236 e. The second kappa shape index (κ2) is 6.78. The highest BCUT2D eigenvalue weighted by Gasteiger charge is 2.16. The molecule has 0 bridgehead atoms. The Morgan fingerprint density at radius 3 is 2.90 bits per heavy atom. The Kier molecular flexibility index (Phi) is 4.80. The number of hydrogen-bond acceptors (Lipinski definition) is 5. The van der Waals surface area contributed by atoms with Crippen molar-refractivity contribution in [2.75, 3.05) is 39.9 Å². The van der Waals surface area contributed by atoms with Gasteiger partial charge in [-0.3, -0.25) is 4.79 Å². The first-order valence-corrected chi connectivity index (χ1v) is 6.43. The van der Waals surface area contributed by atoms with Gasteiger partial charge >= 0.3 is 0 Å². The van der Waals surface area contributed by atoms with Crippen molar-refractivity contribution in [3.8, 4) is 17.6 Å². The van der Waals surface area contributed by atoms with Crippen molar-refractivity contribution in [3.63, 3.8) is 0 Å². The fraction of sp³-hybridized carbons (Fsp3) is 0.429. The highest BCUT2D eigenvalue weighted by molar-refractivity contribution is 5.78. The molecule has 1 amide bonds. The van der Waals surface area contributed by atoms with Crippen LogP contribution in [0.3, 0.4) is 0 Å². The van der Waals surface area contributed by atoms with E-state index in [9.17, 15) is 4.79 Å². The number of nitrogens with one attached hydrogen (secondary N) is 1. The fourth-order valence-corrected chi connectivity index (χ4v) is 1.99. The highest BCUT2D eigenvalue weighted by Crippen LogP contribution is 2.22. The first kappa shape index (κ1) is 14.2. The van der Waals surface area contributed by atoms with Crippen LogP contribution in [0.5, 0.6) is 11.5 Å². The number of nitriles is 1. The van der Waals surface area contributed by atoms with Gasteiger partial charge in [0.15, 0.2) is 0 Å². The second-order valence-electron chi connectivity index (χ2n) is 4.42. The molecule has 1 saturated heterocycles. The molecule has 0 saturated carbocycles. The Labute approximate surface area is 117 Å². The Balaban J connectivity index is 1.90. The first-order valence-electron chi connectivity index (χ1n) is 6.43. The van der Waals surface area contributed by atoms with Gasteiger partial charge in [-0.1, -0.05) is 0 Å². The minimum atomic E-state index is 0.0863. The monoisotopic (exact) mass is 275 g/mol. The molecule has 0 atom stereocenters. The molecular weight excluding hydrogens is 258 g/mol. The molecule has 0 spiro atoms. The maximum atomic E-state index is 11.6. The summed E-state index contributed by atoms with van der Waals surface area (Å²) < 4.78 is 10.7. The quantitative estimate of drug-likeness (QED) is 0.840. The number of nitrogens with zero attached hydrogens (tertiary/aromatic N) is 2. The molecule has 1 aliphatic rings. The molecule has 6 heteroatoms. The minimum absolute atomic E-state index is 0.0863. The molecule has 1 heterocycles. The predicted molar refractivity (Wildman–Crippen MR) is 72.7 cm³/mol. The largest absolute Gasteiger partial charge is 0.497 e. The summed E-state index contributed by atoms with van der Waals surface area (Å²) in [4.78, 5) is 13.3. The lowest BCUT2D eigenvalue weighted by atomic mass is 10.2. The van der Waals surface area contributed by atoms with E-state index >= 15 is 0 Å². The van der Waals surface area contributed by atoms with Gasteiger partial charge in [0.25, 0.3) is 0 Å². The highest BCUT2D eigenvalue weighted by atomic mass is 16.5. The van der Waals surface area contributed by atoms with Gasteiger partial charge in [0, 0.05) is 19.2 Å². The van der Waals surface area contributed by atoms with Crippen LogP contribution in [0.4, 0.5) is 0 Å². The molecule has 0 aliphatic carbocycles. The van der Waals surface area contributed by atoms with Crippen molar-refractivity contribution in [2.45, 2.75) is 0 Å². The molecule has 1 fully saturated rings. The van der Waals surface area contributed by atoms with Gasteiger partial charge in [0.1, 0.15) is 18.1 Å². The van der Waals surface area contributed by atoms with Gasteiger partial charge in [-0.25, -0.2) is 0 Å². The van der Waals surface area contributed by atoms with E-state index in [4.69, 9.17) is 14.7 Å². The molecule has 0 radical (unpaired) electrons. The van der Waals surface area contributed by atoms with Crippen LogP contribution in [0.2, 0.25) is 0 Å². The van der Waals surface area contributed by atoms with Crippen LogP contribution < -0.4 is 14.8 Å². The number of benzene rings is 1. The van der Waals surface area contributed by atoms with E-state index in [1.54, 1.807) is 30.2 Å². The number of amides is 1. The second-order valence-corrected chi connectivity index (χ2v) is 4.42. The Morgan fingerprint density at radius 2 is 2.20 bits per heavy atom. The fourth-order valence-electron chi connectivity index (χ4n) is 1.99. The standard InChI is InChI=1S/C14H17N3O3/c1-19-12-6-11(9-15)7-13(8-12)20-5-4-17-3-2-16-10-14(17)18/h6-8,16H,2-5,10H2,1H3. The number of rotatable bonds is 5. The molecule has 1 aromatic carbocycles. The van der Waals surface area contributed by atoms with E-state index in [0.717, 1.165) is 6.54 Å². The van der Waals surface area contributed by atoms with Crippen molar-refractivity contribution in [1.82, 2.24) is 10.2 Å². The summed E-state index contributed by atoms with van der Waals surface area (Å²) >= 11 is 0. The van der Waals surface area contributed by atoms with Crippen LogP contribution in [0, 0.1) is 11.3 Å². The average molecular weight is 275 g/mol. The molecule has 20 heavy (non-hydrogen) atoms. The molecule has 0 unspecified atom stereocenters. The summed E-state index contributed by atoms with van der Waals surface area (Å²) in [6.45, 7) is 2.83. The minimum Gasteiger partial charge on any atom is -0.497 e. The number of carbonyl (C=O) groups is 1. The molecule has 1 aromatic rings. The van der Waals surface area contributed by atoms with Crippen LogP contribution in [-0.2, 0) is 4.79 Å². The smallest absolute Gasteiger partial charge is 0.236 e. The van der Waals surface area contributed by atoms with Crippen LogP contribution >= 0.6 is 0 Å². The van der Waals surface area contributed by atoms with Crippen molar-refractivity contribution < 1.29 is 14.3 Å². The maximum absolute atomic E-state index is 11.6. The summed E-state index contributed by atoms with van der Waals surface area (Å²) in [5.41, 5.74) is 0.484. The summed E-state index contributed by atoms with van der Waals surface area (Å²) in [5.74, 6) is 1.24. The molecule has 0 aromatic heterocycles. The number of hydrogen-bond donors (Lipinski definition) is 1. The SMILES string of the molecule is COc1cc(C#N)cc(OCCN2CCNCC2=O)c1. The van der Waals surface area contributed by atoms with Crippen LogP contribution in [-0.4, -0.2) is 50.7 Å². The summed E-state index contributed by atoms with van der Waals surface area (Å²) in [7, 11) is 1.54. The Bertz CT molecular complexity index is 525. The average Bonchev–Trinajstić information content (AvgIpc) is 2.48. The number of piperazine rings is 1. The summed E-state index contributed by atoms with van der Waals surface area (Å²) in [5, 5.41) is 11.9. The molecule has 1 N–H and O–H groups in total. The van der Waals surface area contributed by atoms with E-state index < -0.39 is 0 Å². The molecule has 2 rings (SSSR count). The van der Waals surface area contributed by atoms with E-state index in [2.05, 4.69) is 11.4 Å². The van der Waals surface area contributed by atoms with Crippen molar-refractivity contribution >= 4 is 5.91 Å². The number of methoxy groups -OCH3 is 1. The van der Waals surface area contributed by atoms with E-state index in [1.807, 2.05) is 0 Å². The zero-order valence-electron chi connectivity index (χ0n) is 11.4. The third-order valence-corrected chi connectivity index (χ3v) is 3.06. The third-order valence-electron chi connectivity index (χ3n) is 3.06. The van der Waals surface area contributed by atoms with E-state index in [1.165, 1.54) is 0 Å². The molecule has 1 aliphatic heterocycles. The van der Waals surface area contributed by atoms with Gasteiger partial charge < -0.3 is 19.7 Å². The summed E-state index contributed by atoms with van der Waals surface area (Å²) in [6, 6.07) is 7.08. The lowest BCUT2D eigenvalue weighted by molar-refractivity contribution is -0.132.